The summed E-state index contributed by atoms with van der Waals surface area (Å²) in [5.41, 5.74) is 0. The van der Waals surface area contributed by atoms with Gasteiger partial charge in [0.15, 0.2) is 0 Å². The van der Waals surface area contributed by atoms with E-state index in [4.69, 9.17) is 0 Å². The molecule has 0 saturated heterocycles. The Bertz CT molecular complexity index is 441. The maximum Gasteiger partial charge on any atom is 0.243 e. The summed E-state index contributed by atoms with van der Waals surface area (Å²) in [6.45, 7) is 3.82. The molecule has 0 saturated carbocycles. The Labute approximate surface area is 104 Å². The Kier molecular flexibility index (Phi) is 4.52. The van der Waals surface area contributed by atoms with Gasteiger partial charge >= 0.3 is 0 Å². The van der Waals surface area contributed by atoms with Crippen LogP contribution in [0.15, 0.2) is 17.3 Å². The Morgan fingerprint density at radius 3 is 2.62 bits per heavy atom. The highest BCUT2D eigenvalue weighted by Crippen LogP contribution is 2.11. The van der Waals surface area contributed by atoms with Crippen LogP contribution in [-0.4, -0.2) is 29.1 Å². The minimum absolute atomic E-state index is 0.111. The lowest BCUT2D eigenvalue weighted by Gasteiger charge is -2.14. The van der Waals surface area contributed by atoms with Crippen molar-refractivity contribution in [2.45, 2.75) is 36.0 Å². The minimum atomic E-state index is -3.44. The Morgan fingerprint density at radius 1 is 1.56 bits per heavy atom. The van der Waals surface area contributed by atoms with Crippen molar-refractivity contribution in [2.24, 2.45) is 7.05 Å². The normalized spacial score (nSPS) is 16.0. The largest absolute Gasteiger partial charge is 0.274 e. The van der Waals surface area contributed by atoms with Crippen LogP contribution in [0.5, 0.6) is 0 Å². The quantitative estimate of drug-likeness (QED) is 0.833. The zero-order chi connectivity index (χ0) is 12.3. The fraction of sp³-hybridized carbons (Fsp3) is 0.667. The SMILES string of the molecule is CC(Br)CC(C)NS(=O)(=O)c1cnn(C)c1. The van der Waals surface area contributed by atoms with Crippen LogP contribution in [0, 0.1) is 0 Å². The summed E-state index contributed by atoms with van der Waals surface area (Å²) in [6.07, 6.45) is 3.55. The lowest BCUT2D eigenvalue weighted by molar-refractivity contribution is 0.548. The summed E-state index contributed by atoms with van der Waals surface area (Å²) < 4.78 is 27.8. The average Bonchev–Trinajstić information content (AvgIpc) is 2.49. The molecule has 0 radical (unpaired) electrons. The van der Waals surface area contributed by atoms with E-state index < -0.39 is 10.0 Å². The zero-order valence-electron chi connectivity index (χ0n) is 9.51. The van der Waals surface area contributed by atoms with Crippen molar-refractivity contribution in [3.63, 3.8) is 0 Å². The lowest BCUT2D eigenvalue weighted by Crippen LogP contribution is -2.33. The molecule has 1 aromatic rings. The van der Waals surface area contributed by atoms with Gasteiger partial charge in [0.1, 0.15) is 4.90 Å². The van der Waals surface area contributed by atoms with Crippen LogP contribution < -0.4 is 4.72 Å². The van der Waals surface area contributed by atoms with Gasteiger partial charge in [-0.2, -0.15) is 5.10 Å². The van der Waals surface area contributed by atoms with E-state index in [1.54, 1.807) is 7.05 Å². The first-order valence-electron chi connectivity index (χ1n) is 4.96. The molecule has 7 heteroatoms. The van der Waals surface area contributed by atoms with Crippen molar-refractivity contribution < 1.29 is 8.42 Å². The molecule has 0 aliphatic carbocycles. The summed E-state index contributed by atoms with van der Waals surface area (Å²) >= 11 is 3.39. The van der Waals surface area contributed by atoms with Gasteiger partial charge in [0.05, 0.1) is 6.20 Å². The molecule has 0 aliphatic heterocycles. The molecule has 1 N–H and O–H groups in total. The van der Waals surface area contributed by atoms with Crippen LogP contribution in [0.2, 0.25) is 0 Å². The van der Waals surface area contributed by atoms with E-state index in [-0.39, 0.29) is 15.8 Å². The van der Waals surface area contributed by atoms with Crippen LogP contribution >= 0.6 is 15.9 Å². The van der Waals surface area contributed by atoms with E-state index in [1.165, 1.54) is 17.1 Å². The number of hydrogen-bond acceptors (Lipinski definition) is 3. The number of hydrogen-bond donors (Lipinski definition) is 1. The molecule has 0 spiro atoms. The van der Waals surface area contributed by atoms with Crippen molar-refractivity contribution >= 4 is 26.0 Å². The van der Waals surface area contributed by atoms with Crippen molar-refractivity contribution in [3.8, 4) is 0 Å². The molecule has 5 nitrogen and oxygen atoms in total. The average molecular weight is 310 g/mol. The Balaban J connectivity index is 2.73. The molecule has 16 heavy (non-hydrogen) atoms. The third-order valence-electron chi connectivity index (χ3n) is 2.03. The van der Waals surface area contributed by atoms with E-state index >= 15 is 0 Å². The molecule has 1 rings (SSSR count). The molecule has 2 atom stereocenters. The van der Waals surface area contributed by atoms with E-state index in [0.29, 0.717) is 0 Å². The molecule has 0 aromatic carbocycles. The molecule has 0 fully saturated rings. The van der Waals surface area contributed by atoms with Gasteiger partial charge in [-0.1, -0.05) is 22.9 Å². The monoisotopic (exact) mass is 309 g/mol. The van der Waals surface area contributed by atoms with E-state index in [0.717, 1.165) is 6.42 Å². The van der Waals surface area contributed by atoms with Crippen LogP contribution in [0.4, 0.5) is 0 Å². The highest BCUT2D eigenvalue weighted by atomic mass is 79.9. The van der Waals surface area contributed by atoms with Crippen molar-refractivity contribution in [2.75, 3.05) is 0 Å². The van der Waals surface area contributed by atoms with Crippen LogP contribution in [-0.2, 0) is 17.1 Å². The van der Waals surface area contributed by atoms with Crippen LogP contribution in [0.3, 0.4) is 0 Å². The van der Waals surface area contributed by atoms with Gasteiger partial charge in [-0.15, -0.1) is 0 Å². The highest BCUT2D eigenvalue weighted by Gasteiger charge is 2.19. The standard InChI is InChI=1S/C9H16BrN3O2S/c1-7(10)4-8(2)12-16(14,15)9-5-11-13(3)6-9/h5-8,12H,4H2,1-3H3. The summed E-state index contributed by atoms with van der Waals surface area (Å²) in [5.74, 6) is 0. The molecule has 0 bridgehead atoms. The zero-order valence-corrected chi connectivity index (χ0v) is 11.9. The number of nitrogens with one attached hydrogen (secondary N) is 1. The minimum Gasteiger partial charge on any atom is -0.274 e. The third-order valence-corrected chi connectivity index (χ3v) is 3.94. The fourth-order valence-electron chi connectivity index (χ4n) is 1.41. The Hall–Kier alpha value is -0.400. The van der Waals surface area contributed by atoms with Crippen LogP contribution in [0.1, 0.15) is 20.3 Å². The predicted molar refractivity (Wildman–Crippen MR) is 66.0 cm³/mol. The van der Waals surface area contributed by atoms with E-state index in [9.17, 15) is 8.42 Å². The first kappa shape index (κ1) is 13.7. The van der Waals surface area contributed by atoms with Crippen molar-refractivity contribution in [1.82, 2.24) is 14.5 Å². The predicted octanol–water partition coefficient (Wildman–Crippen LogP) is 1.26. The second kappa shape index (κ2) is 5.29. The van der Waals surface area contributed by atoms with Crippen molar-refractivity contribution in [3.05, 3.63) is 12.4 Å². The van der Waals surface area contributed by atoms with Gasteiger partial charge in [0.2, 0.25) is 10.0 Å². The Morgan fingerprint density at radius 2 is 2.19 bits per heavy atom. The van der Waals surface area contributed by atoms with Gasteiger partial charge in [0.25, 0.3) is 0 Å². The number of aromatic nitrogens is 2. The number of halogens is 1. The highest BCUT2D eigenvalue weighted by molar-refractivity contribution is 9.09. The first-order valence-corrected chi connectivity index (χ1v) is 7.36. The van der Waals surface area contributed by atoms with Crippen molar-refractivity contribution in [1.29, 1.82) is 0 Å². The summed E-state index contributed by atoms with van der Waals surface area (Å²) in [4.78, 5) is 0.475. The van der Waals surface area contributed by atoms with Gasteiger partial charge in [-0.05, 0) is 13.3 Å². The fourth-order valence-corrected chi connectivity index (χ4v) is 3.21. The first-order chi connectivity index (χ1) is 7.31. The summed E-state index contributed by atoms with van der Waals surface area (Å²) in [6, 6.07) is -0.111. The maximum atomic E-state index is 11.9. The molecule has 1 heterocycles. The molecule has 0 amide bonds. The molecular formula is C9H16BrN3O2S. The maximum absolute atomic E-state index is 11.9. The molecular weight excluding hydrogens is 294 g/mol. The van der Waals surface area contributed by atoms with Crippen LogP contribution in [0.25, 0.3) is 0 Å². The number of sulfonamides is 1. The number of nitrogens with zero attached hydrogens (tertiary/aromatic N) is 2. The number of aryl methyl sites for hydroxylation is 1. The van der Waals surface area contributed by atoms with E-state index in [2.05, 4.69) is 25.8 Å². The number of rotatable bonds is 5. The lowest BCUT2D eigenvalue weighted by atomic mass is 10.2. The van der Waals surface area contributed by atoms with E-state index in [1.807, 2.05) is 13.8 Å². The third kappa shape index (κ3) is 3.88. The molecule has 0 aliphatic rings. The number of alkyl halides is 1. The molecule has 2 unspecified atom stereocenters. The second-order valence-electron chi connectivity index (χ2n) is 3.89. The second-order valence-corrected chi connectivity index (χ2v) is 7.17. The summed E-state index contributed by atoms with van der Waals surface area (Å²) in [5, 5.41) is 3.84. The van der Waals surface area contributed by atoms with Gasteiger partial charge in [-0.25, -0.2) is 13.1 Å². The van der Waals surface area contributed by atoms with Gasteiger partial charge in [-0.3, -0.25) is 4.68 Å². The van der Waals surface area contributed by atoms with Gasteiger partial charge in [0, 0.05) is 24.1 Å². The summed E-state index contributed by atoms with van der Waals surface area (Å²) in [7, 11) is -1.75. The molecule has 92 valence electrons. The molecule has 1 aromatic heterocycles. The topological polar surface area (TPSA) is 64.0 Å². The smallest absolute Gasteiger partial charge is 0.243 e. The van der Waals surface area contributed by atoms with Gasteiger partial charge < -0.3 is 0 Å².